The van der Waals surface area contributed by atoms with Crippen molar-refractivity contribution in [3.8, 4) is 0 Å². The first kappa shape index (κ1) is 20.3. The van der Waals surface area contributed by atoms with E-state index in [-0.39, 0.29) is 11.6 Å². The Bertz CT molecular complexity index is 1190. The fourth-order valence-corrected chi connectivity index (χ4v) is 5.31. The Kier molecular flexibility index (Phi) is 5.57. The van der Waals surface area contributed by atoms with E-state index in [1.165, 1.54) is 19.3 Å². The van der Waals surface area contributed by atoms with E-state index in [9.17, 15) is 4.79 Å². The van der Waals surface area contributed by atoms with Gasteiger partial charge in [-0.25, -0.2) is 9.97 Å². The third-order valence-corrected chi connectivity index (χ3v) is 7.25. The average Bonchev–Trinajstić information content (AvgIpc) is 2.81. The van der Waals surface area contributed by atoms with Crippen LogP contribution in [0.15, 0.2) is 46.6 Å². The van der Waals surface area contributed by atoms with Gasteiger partial charge in [-0.1, -0.05) is 37.5 Å². The Morgan fingerprint density at radius 2 is 2.00 bits per heavy atom. The van der Waals surface area contributed by atoms with E-state index in [2.05, 4.69) is 47.3 Å². The van der Waals surface area contributed by atoms with Crippen LogP contribution in [0.25, 0.3) is 17.0 Å². The highest BCUT2D eigenvalue weighted by atomic mass is 32.2. The van der Waals surface area contributed by atoms with Crippen LogP contribution in [0.4, 0.5) is 5.69 Å². The monoisotopic (exact) mass is 432 g/mol. The van der Waals surface area contributed by atoms with Gasteiger partial charge in [-0.05, 0) is 48.8 Å². The summed E-state index contributed by atoms with van der Waals surface area (Å²) in [5.74, 6) is 0. The minimum Gasteiger partial charge on any atom is -0.369 e. The van der Waals surface area contributed by atoms with Crippen LogP contribution in [-0.2, 0) is 6.42 Å². The lowest BCUT2D eigenvalue weighted by Crippen LogP contribution is -2.28. The predicted molar refractivity (Wildman–Crippen MR) is 129 cm³/mol. The number of hydrogen-bond acceptors (Lipinski definition) is 5. The molecule has 6 heteroatoms. The quantitative estimate of drug-likeness (QED) is 0.539. The zero-order valence-corrected chi connectivity index (χ0v) is 19.0. The van der Waals surface area contributed by atoms with Gasteiger partial charge in [0.05, 0.1) is 22.4 Å². The highest BCUT2D eigenvalue weighted by Crippen LogP contribution is 2.36. The molecule has 31 heavy (non-hydrogen) atoms. The van der Waals surface area contributed by atoms with Crippen LogP contribution in [0.1, 0.15) is 54.8 Å². The molecule has 5 nitrogen and oxygen atoms in total. The van der Waals surface area contributed by atoms with Crippen molar-refractivity contribution in [3.05, 3.63) is 63.8 Å². The van der Waals surface area contributed by atoms with Crippen LogP contribution in [-0.4, -0.2) is 34.4 Å². The molecule has 160 valence electrons. The van der Waals surface area contributed by atoms with Crippen molar-refractivity contribution in [1.29, 1.82) is 0 Å². The molecule has 0 amide bonds. The second-order valence-electron chi connectivity index (χ2n) is 8.61. The second-order valence-corrected chi connectivity index (χ2v) is 9.44. The zero-order valence-electron chi connectivity index (χ0n) is 18.2. The molecule has 1 aliphatic carbocycles. The van der Waals surface area contributed by atoms with Crippen LogP contribution in [0.2, 0.25) is 0 Å². The number of fused-ring (bicyclic) bond motifs is 3. The number of pyridine rings is 1. The van der Waals surface area contributed by atoms with Gasteiger partial charge in [-0.2, -0.15) is 0 Å². The van der Waals surface area contributed by atoms with E-state index in [4.69, 9.17) is 4.98 Å². The van der Waals surface area contributed by atoms with E-state index in [1.807, 2.05) is 17.0 Å². The molecule has 2 aromatic heterocycles. The van der Waals surface area contributed by atoms with E-state index >= 15 is 0 Å². The van der Waals surface area contributed by atoms with Crippen molar-refractivity contribution in [2.75, 3.05) is 24.7 Å². The maximum atomic E-state index is 13.6. The molecule has 0 radical (unpaired) electrons. The van der Waals surface area contributed by atoms with Crippen molar-refractivity contribution >= 4 is 34.4 Å². The number of aromatic nitrogens is 3. The normalized spacial score (nSPS) is 16.6. The fraction of sp³-hybridized carbons (Fsp3) is 0.400. The topological polar surface area (TPSA) is 51.0 Å². The van der Waals surface area contributed by atoms with Gasteiger partial charge in [0.25, 0.3) is 5.56 Å². The molecule has 0 saturated heterocycles. The summed E-state index contributed by atoms with van der Waals surface area (Å²) >= 11 is 1.64. The molecule has 0 N–H and O–H groups in total. The first-order chi connectivity index (χ1) is 15.2. The summed E-state index contributed by atoms with van der Waals surface area (Å²) in [7, 11) is 2.08. The maximum absolute atomic E-state index is 13.6. The number of nitrogens with zero attached hydrogens (tertiary/aromatic N) is 4. The van der Waals surface area contributed by atoms with Crippen LogP contribution in [0.5, 0.6) is 0 Å². The van der Waals surface area contributed by atoms with Gasteiger partial charge in [-0.3, -0.25) is 9.36 Å². The molecule has 3 heterocycles. The van der Waals surface area contributed by atoms with E-state index in [0.29, 0.717) is 0 Å². The Balaban J connectivity index is 1.66. The lowest BCUT2D eigenvalue weighted by molar-refractivity contribution is 0.345. The summed E-state index contributed by atoms with van der Waals surface area (Å²) in [6.45, 7) is 0.822. The first-order valence-electron chi connectivity index (χ1n) is 11.1. The van der Waals surface area contributed by atoms with Crippen LogP contribution in [0.3, 0.4) is 0 Å². The van der Waals surface area contributed by atoms with E-state index < -0.39 is 0 Å². The summed E-state index contributed by atoms with van der Waals surface area (Å²) in [4.78, 5) is 25.1. The molecular weight excluding hydrogens is 404 g/mol. The molecule has 1 fully saturated rings. The number of hydrogen-bond donors (Lipinski definition) is 0. The minimum atomic E-state index is 0.0970. The molecule has 2 aliphatic rings. The number of anilines is 1. The maximum Gasteiger partial charge on any atom is 0.261 e. The highest BCUT2D eigenvalue weighted by molar-refractivity contribution is 7.98. The molecule has 5 rings (SSSR count). The SMILES string of the molecule is CSc1ccc(Cc2cc3c(=O)n(C4CCCCC4)cnc3c3c2C=CCN3C)cn1. The number of benzene rings is 1. The summed E-state index contributed by atoms with van der Waals surface area (Å²) < 4.78 is 1.89. The largest absolute Gasteiger partial charge is 0.369 e. The number of thioether (sulfide) groups is 1. The summed E-state index contributed by atoms with van der Waals surface area (Å²) in [5.41, 5.74) is 5.45. The zero-order chi connectivity index (χ0) is 21.4. The van der Waals surface area contributed by atoms with Crippen molar-refractivity contribution in [3.63, 3.8) is 0 Å². The lowest BCUT2D eigenvalue weighted by Gasteiger charge is -2.28. The Morgan fingerprint density at radius 3 is 2.74 bits per heavy atom. The standard InChI is InChI=1S/C25H28N4OS/c1-28-12-6-9-20-18(13-17-10-11-22(31-2)26-15-17)14-21-23(24(20)28)27-16-29(25(21)30)19-7-4-3-5-8-19/h6,9-11,14-16,19H,3-5,7-8,12-13H2,1-2H3. The van der Waals surface area contributed by atoms with E-state index in [0.717, 1.165) is 64.1 Å². The Hall–Kier alpha value is -2.60. The van der Waals surface area contributed by atoms with Gasteiger partial charge in [0.15, 0.2) is 0 Å². The minimum absolute atomic E-state index is 0.0970. The van der Waals surface area contributed by atoms with Crippen molar-refractivity contribution < 1.29 is 0 Å². The Morgan fingerprint density at radius 1 is 1.16 bits per heavy atom. The number of likely N-dealkylation sites (N-methyl/N-ethyl adjacent to an activating group) is 1. The van der Waals surface area contributed by atoms with Gasteiger partial charge in [0, 0.05) is 31.4 Å². The molecule has 1 saturated carbocycles. The van der Waals surface area contributed by atoms with Gasteiger partial charge in [-0.15, -0.1) is 11.8 Å². The second kappa shape index (κ2) is 8.50. The van der Waals surface area contributed by atoms with Crippen LogP contribution < -0.4 is 10.5 Å². The van der Waals surface area contributed by atoms with Gasteiger partial charge >= 0.3 is 0 Å². The van der Waals surface area contributed by atoms with Gasteiger partial charge in [0.1, 0.15) is 5.52 Å². The molecular formula is C25H28N4OS. The van der Waals surface area contributed by atoms with Gasteiger partial charge < -0.3 is 4.90 Å². The molecule has 1 aromatic carbocycles. The molecule has 1 aliphatic heterocycles. The molecule has 0 atom stereocenters. The third kappa shape index (κ3) is 3.78. The summed E-state index contributed by atoms with van der Waals surface area (Å²) in [6.07, 6.45) is 16.7. The third-order valence-electron chi connectivity index (χ3n) is 6.59. The van der Waals surface area contributed by atoms with Gasteiger partial charge in [0.2, 0.25) is 0 Å². The first-order valence-corrected chi connectivity index (χ1v) is 12.3. The van der Waals surface area contributed by atoms with Crippen LogP contribution >= 0.6 is 11.8 Å². The van der Waals surface area contributed by atoms with Crippen molar-refractivity contribution in [1.82, 2.24) is 14.5 Å². The van der Waals surface area contributed by atoms with Crippen LogP contribution in [0, 0.1) is 0 Å². The molecule has 0 spiro atoms. The molecule has 0 unspecified atom stereocenters. The smallest absolute Gasteiger partial charge is 0.261 e. The molecule has 3 aromatic rings. The predicted octanol–water partition coefficient (Wildman–Crippen LogP) is 5.07. The van der Waals surface area contributed by atoms with Crippen molar-refractivity contribution in [2.24, 2.45) is 0 Å². The lowest BCUT2D eigenvalue weighted by atomic mass is 9.93. The van der Waals surface area contributed by atoms with Crippen molar-refractivity contribution in [2.45, 2.75) is 49.6 Å². The number of rotatable bonds is 4. The fourth-order valence-electron chi connectivity index (χ4n) is 4.95. The molecule has 0 bridgehead atoms. The summed E-state index contributed by atoms with van der Waals surface area (Å²) in [5, 5.41) is 1.75. The highest BCUT2D eigenvalue weighted by Gasteiger charge is 2.23. The Labute approximate surface area is 187 Å². The average molecular weight is 433 g/mol. The summed E-state index contributed by atoms with van der Waals surface area (Å²) in [6, 6.07) is 6.55. The van der Waals surface area contributed by atoms with E-state index in [1.54, 1.807) is 18.1 Å².